The average Bonchev–Trinajstić information content (AvgIpc) is 2.77. The van der Waals surface area contributed by atoms with Crippen LogP contribution in [0.25, 0.3) is 22.2 Å². The van der Waals surface area contributed by atoms with Crippen molar-refractivity contribution in [2.24, 2.45) is 0 Å². The van der Waals surface area contributed by atoms with Crippen molar-refractivity contribution in [2.75, 3.05) is 14.2 Å². The summed E-state index contributed by atoms with van der Waals surface area (Å²) >= 11 is 0. The summed E-state index contributed by atoms with van der Waals surface area (Å²) in [6, 6.07) is 15.9. The largest absolute Gasteiger partial charge is 0.493 e. The Hall–Kier alpha value is -3.08. The number of benzene rings is 2. The van der Waals surface area contributed by atoms with Crippen molar-refractivity contribution in [2.45, 2.75) is 45.2 Å². The second kappa shape index (κ2) is 8.34. The summed E-state index contributed by atoms with van der Waals surface area (Å²) in [4.78, 5) is 20.6. The average molecular weight is 405 g/mol. The third-order valence-electron chi connectivity index (χ3n) is 6.05. The van der Waals surface area contributed by atoms with Crippen LogP contribution in [0, 0.1) is 0 Å². The van der Waals surface area contributed by atoms with E-state index < -0.39 is 0 Å². The summed E-state index contributed by atoms with van der Waals surface area (Å²) in [6.07, 6.45) is 3.25. The molecule has 2 unspecified atom stereocenters. The van der Waals surface area contributed by atoms with Crippen molar-refractivity contribution in [3.8, 4) is 22.8 Å². The Balaban J connectivity index is 1.85. The number of hydrogen-bond acceptors (Lipinski definition) is 4. The number of aromatic nitrogens is 1. The van der Waals surface area contributed by atoms with Crippen LogP contribution in [0.1, 0.15) is 43.5 Å². The lowest BCUT2D eigenvalue weighted by molar-refractivity contribution is 0.0513. The number of amides is 1. The molecule has 0 radical (unpaired) electrons. The number of rotatable bonds is 4. The number of para-hydroxylation sites is 1. The Morgan fingerprint density at radius 1 is 0.967 bits per heavy atom. The van der Waals surface area contributed by atoms with E-state index in [4.69, 9.17) is 14.5 Å². The van der Waals surface area contributed by atoms with Gasteiger partial charge in [0.15, 0.2) is 11.5 Å². The summed E-state index contributed by atoms with van der Waals surface area (Å²) < 4.78 is 10.8. The molecule has 2 aromatic carbocycles. The smallest absolute Gasteiger partial charge is 0.255 e. The standard InChI is InChI=1S/C25H28N2O3/c1-16-8-7-9-17(2)27(16)25(28)20-15-22(26-21-11-6-5-10-19(20)21)18-12-13-23(29-3)24(14-18)30-4/h5-6,10-17H,7-9H2,1-4H3. The quantitative estimate of drug-likeness (QED) is 0.590. The first-order chi connectivity index (χ1) is 14.5. The van der Waals surface area contributed by atoms with Gasteiger partial charge in [-0.3, -0.25) is 4.79 Å². The van der Waals surface area contributed by atoms with Crippen molar-refractivity contribution in [1.82, 2.24) is 9.88 Å². The van der Waals surface area contributed by atoms with E-state index in [1.807, 2.05) is 53.4 Å². The first-order valence-electron chi connectivity index (χ1n) is 10.5. The summed E-state index contributed by atoms with van der Waals surface area (Å²) in [6.45, 7) is 4.29. The van der Waals surface area contributed by atoms with Gasteiger partial charge in [0.25, 0.3) is 5.91 Å². The van der Waals surface area contributed by atoms with E-state index in [1.165, 1.54) is 6.42 Å². The number of pyridine rings is 1. The number of methoxy groups -OCH3 is 2. The van der Waals surface area contributed by atoms with Crippen LogP contribution in [0.5, 0.6) is 11.5 Å². The molecule has 1 fully saturated rings. The molecule has 0 N–H and O–H groups in total. The normalized spacial score (nSPS) is 19.0. The highest BCUT2D eigenvalue weighted by molar-refractivity contribution is 6.07. The number of fused-ring (bicyclic) bond motifs is 1. The molecule has 0 bridgehead atoms. The maximum Gasteiger partial charge on any atom is 0.255 e. The Kier molecular flexibility index (Phi) is 5.62. The fourth-order valence-electron chi connectivity index (χ4n) is 4.46. The van der Waals surface area contributed by atoms with Crippen LogP contribution in [-0.4, -0.2) is 42.1 Å². The molecule has 1 aliphatic rings. The molecular weight excluding hydrogens is 376 g/mol. The van der Waals surface area contributed by atoms with E-state index in [1.54, 1.807) is 14.2 Å². The molecule has 2 atom stereocenters. The number of nitrogens with zero attached hydrogens (tertiary/aromatic N) is 2. The number of likely N-dealkylation sites (tertiary alicyclic amines) is 1. The number of carbonyl (C=O) groups is 1. The lowest BCUT2D eigenvalue weighted by atomic mass is 9.95. The van der Waals surface area contributed by atoms with Crippen LogP contribution < -0.4 is 9.47 Å². The van der Waals surface area contributed by atoms with E-state index in [0.29, 0.717) is 17.1 Å². The van der Waals surface area contributed by atoms with E-state index in [0.717, 1.165) is 35.0 Å². The van der Waals surface area contributed by atoms with Gasteiger partial charge in [0.2, 0.25) is 0 Å². The minimum Gasteiger partial charge on any atom is -0.493 e. The van der Waals surface area contributed by atoms with Crippen LogP contribution in [0.2, 0.25) is 0 Å². The highest BCUT2D eigenvalue weighted by Gasteiger charge is 2.31. The van der Waals surface area contributed by atoms with E-state index in [9.17, 15) is 4.79 Å². The Morgan fingerprint density at radius 3 is 2.37 bits per heavy atom. The van der Waals surface area contributed by atoms with Crippen molar-refractivity contribution in [3.05, 3.63) is 54.1 Å². The summed E-state index contributed by atoms with van der Waals surface area (Å²) in [5.74, 6) is 1.38. The molecule has 0 spiro atoms. The molecule has 2 heterocycles. The maximum atomic E-state index is 13.7. The molecule has 30 heavy (non-hydrogen) atoms. The summed E-state index contributed by atoms with van der Waals surface area (Å²) in [7, 11) is 3.23. The van der Waals surface area contributed by atoms with Crippen LogP contribution in [0.4, 0.5) is 0 Å². The number of carbonyl (C=O) groups excluding carboxylic acids is 1. The van der Waals surface area contributed by atoms with Gasteiger partial charge in [0.1, 0.15) is 0 Å². The van der Waals surface area contributed by atoms with Crippen molar-refractivity contribution >= 4 is 16.8 Å². The molecular formula is C25H28N2O3. The van der Waals surface area contributed by atoms with E-state index in [2.05, 4.69) is 13.8 Å². The Morgan fingerprint density at radius 2 is 1.67 bits per heavy atom. The van der Waals surface area contributed by atoms with Gasteiger partial charge in [0, 0.05) is 23.0 Å². The minimum absolute atomic E-state index is 0.0787. The van der Waals surface area contributed by atoms with Gasteiger partial charge in [-0.2, -0.15) is 0 Å². The van der Waals surface area contributed by atoms with E-state index >= 15 is 0 Å². The Labute approximate surface area is 177 Å². The maximum absolute atomic E-state index is 13.7. The van der Waals surface area contributed by atoms with Gasteiger partial charge in [-0.05, 0) is 63.4 Å². The van der Waals surface area contributed by atoms with E-state index in [-0.39, 0.29) is 18.0 Å². The van der Waals surface area contributed by atoms with Crippen molar-refractivity contribution in [3.63, 3.8) is 0 Å². The first kappa shape index (κ1) is 20.2. The topological polar surface area (TPSA) is 51.7 Å². The third-order valence-corrected chi connectivity index (χ3v) is 6.05. The molecule has 3 aromatic rings. The van der Waals surface area contributed by atoms with Crippen LogP contribution in [-0.2, 0) is 0 Å². The molecule has 1 aromatic heterocycles. The monoisotopic (exact) mass is 404 g/mol. The number of piperidine rings is 1. The zero-order chi connectivity index (χ0) is 21.3. The lowest BCUT2D eigenvalue weighted by Gasteiger charge is -2.39. The molecule has 5 nitrogen and oxygen atoms in total. The van der Waals surface area contributed by atoms with Crippen molar-refractivity contribution < 1.29 is 14.3 Å². The van der Waals surface area contributed by atoms with Gasteiger partial charge in [-0.1, -0.05) is 18.2 Å². The van der Waals surface area contributed by atoms with Crippen LogP contribution in [0.15, 0.2) is 48.5 Å². The number of ether oxygens (including phenoxy) is 2. The fraction of sp³-hybridized carbons (Fsp3) is 0.360. The van der Waals surface area contributed by atoms with Gasteiger partial charge >= 0.3 is 0 Å². The molecule has 1 saturated heterocycles. The highest BCUT2D eigenvalue weighted by atomic mass is 16.5. The molecule has 0 aliphatic carbocycles. The Bertz CT molecular complexity index is 1070. The molecule has 1 aliphatic heterocycles. The second-order valence-corrected chi connectivity index (χ2v) is 7.98. The van der Waals surface area contributed by atoms with Crippen molar-refractivity contribution in [1.29, 1.82) is 0 Å². The van der Waals surface area contributed by atoms with Crippen LogP contribution >= 0.6 is 0 Å². The predicted molar refractivity (Wildman–Crippen MR) is 119 cm³/mol. The summed E-state index contributed by atoms with van der Waals surface area (Å²) in [5.41, 5.74) is 3.14. The minimum atomic E-state index is 0.0787. The SMILES string of the molecule is COc1ccc(-c2cc(C(=O)N3C(C)CCCC3C)c3ccccc3n2)cc1OC. The molecule has 4 rings (SSSR count). The second-order valence-electron chi connectivity index (χ2n) is 7.98. The lowest BCUT2D eigenvalue weighted by Crippen LogP contribution is -2.47. The van der Waals surface area contributed by atoms with Crippen LogP contribution in [0.3, 0.4) is 0 Å². The zero-order valence-electron chi connectivity index (χ0n) is 18.0. The van der Waals surface area contributed by atoms with Gasteiger partial charge < -0.3 is 14.4 Å². The summed E-state index contributed by atoms with van der Waals surface area (Å²) in [5, 5.41) is 0.886. The molecule has 5 heteroatoms. The molecule has 156 valence electrons. The number of hydrogen-bond donors (Lipinski definition) is 0. The van der Waals surface area contributed by atoms with Gasteiger partial charge in [-0.15, -0.1) is 0 Å². The third kappa shape index (κ3) is 3.60. The highest BCUT2D eigenvalue weighted by Crippen LogP contribution is 2.34. The molecule has 0 saturated carbocycles. The fourth-order valence-corrected chi connectivity index (χ4v) is 4.46. The molecule has 1 amide bonds. The van der Waals surface area contributed by atoms with Gasteiger partial charge in [-0.25, -0.2) is 4.98 Å². The first-order valence-corrected chi connectivity index (χ1v) is 10.5. The predicted octanol–water partition coefficient (Wildman–Crippen LogP) is 5.32. The zero-order valence-corrected chi connectivity index (χ0v) is 18.0. The van der Waals surface area contributed by atoms with Gasteiger partial charge in [0.05, 0.1) is 31.0 Å².